The lowest BCUT2D eigenvalue weighted by Gasteiger charge is -2.18. The molecule has 2 heterocycles. The van der Waals surface area contributed by atoms with Crippen LogP contribution in [-0.2, 0) is 22.4 Å². The fourth-order valence-corrected chi connectivity index (χ4v) is 4.51. The van der Waals surface area contributed by atoms with E-state index in [0.717, 1.165) is 42.5 Å². The highest BCUT2D eigenvalue weighted by Crippen LogP contribution is 2.35. The number of hydrogen-bond donors (Lipinski definition) is 0. The summed E-state index contributed by atoms with van der Waals surface area (Å²) in [6.45, 7) is 6.38. The summed E-state index contributed by atoms with van der Waals surface area (Å²) >= 11 is 1.62. The summed E-state index contributed by atoms with van der Waals surface area (Å²) in [6, 6.07) is -0.649. The molecule has 130 valence electrons. The third-order valence-corrected chi connectivity index (χ3v) is 5.90. The van der Waals surface area contributed by atoms with Gasteiger partial charge in [-0.25, -0.2) is 9.78 Å². The highest BCUT2D eigenvalue weighted by molar-refractivity contribution is 7.18. The Bertz CT molecular complexity index is 808. The lowest BCUT2D eigenvalue weighted by Crippen LogP contribution is -2.30. The van der Waals surface area contributed by atoms with Gasteiger partial charge >= 0.3 is 5.97 Å². The largest absolute Gasteiger partial charge is 0.464 e. The van der Waals surface area contributed by atoms with Crippen LogP contribution in [0.2, 0.25) is 0 Å². The van der Waals surface area contributed by atoms with Gasteiger partial charge in [0.15, 0.2) is 0 Å². The molecule has 0 aliphatic heterocycles. The zero-order chi connectivity index (χ0) is 17.3. The summed E-state index contributed by atoms with van der Waals surface area (Å²) in [7, 11) is 0. The van der Waals surface area contributed by atoms with Crippen molar-refractivity contribution in [2.45, 2.75) is 58.9 Å². The Morgan fingerprint density at radius 1 is 1.54 bits per heavy atom. The number of rotatable bonds is 5. The van der Waals surface area contributed by atoms with Gasteiger partial charge in [0, 0.05) is 4.88 Å². The summed E-state index contributed by atoms with van der Waals surface area (Å²) in [5.41, 5.74) is 1.03. The van der Waals surface area contributed by atoms with Crippen molar-refractivity contribution < 1.29 is 9.53 Å². The minimum absolute atomic E-state index is 0.119. The van der Waals surface area contributed by atoms with Gasteiger partial charge in [0.05, 0.1) is 18.3 Å². The standard InChI is InChI=1S/C18H24N2O3S/c1-4-5-8-23-18(22)12(3)20-10-19-16-15(17(20)21)13-7-6-11(2)9-14(13)24-16/h10-12H,4-9H2,1-3H3/t11-,12-/m0/s1. The van der Waals surface area contributed by atoms with Crippen LogP contribution in [0.15, 0.2) is 11.1 Å². The number of nitrogens with zero attached hydrogens (tertiary/aromatic N) is 2. The van der Waals surface area contributed by atoms with Gasteiger partial charge in [-0.1, -0.05) is 20.3 Å². The summed E-state index contributed by atoms with van der Waals surface area (Å²) in [4.78, 5) is 31.6. The predicted octanol–water partition coefficient (Wildman–Crippen LogP) is 3.49. The van der Waals surface area contributed by atoms with Gasteiger partial charge in [-0.3, -0.25) is 9.36 Å². The van der Waals surface area contributed by atoms with Gasteiger partial charge < -0.3 is 4.74 Å². The Kier molecular flexibility index (Phi) is 5.04. The predicted molar refractivity (Wildman–Crippen MR) is 95.6 cm³/mol. The summed E-state index contributed by atoms with van der Waals surface area (Å²) in [5, 5.41) is 0.706. The molecule has 0 radical (unpaired) electrons. The van der Waals surface area contributed by atoms with Crippen molar-refractivity contribution in [1.29, 1.82) is 0 Å². The topological polar surface area (TPSA) is 61.2 Å². The van der Waals surface area contributed by atoms with Crippen molar-refractivity contribution in [2.24, 2.45) is 5.92 Å². The molecule has 2 atom stereocenters. The third kappa shape index (κ3) is 3.11. The molecule has 0 unspecified atom stereocenters. The molecule has 0 saturated heterocycles. The minimum atomic E-state index is -0.649. The van der Waals surface area contributed by atoms with Crippen LogP contribution in [0.4, 0.5) is 0 Å². The molecule has 5 nitrogen and oxygen atoms in total. The van der Waals surface area contributed by atoms with Gasteiger partial charge in [-0.15, -0.1) is 11.3 Å². The van der Waals surface area contributed by atoms with Crippen LogP contribution in [0.25, 0.3) is 10.2 Å². The number of aryl methyl sites for hydroxylation is 1. The Morgan fingerprint density at radius 2 is 2.33 bits per heavy atom. The zero-order valence-electron chi connectivity index (χ0n) is 14.5. The van der Waals surface area contributed by atoms with Crippen LogP contribution in [0.1, 0.15) is 56.5 Å². The molecular weight excluding hydrogens is 324 g/mol. The maximum Gasteiger partial charge on any atom is 0.328 e. The molecular formula is C18H24N2O3S. The first kappa shape index (κ1) is 17.1. The van der Waals surface area contributed by atoms with Crippen molar-refractivity contribution in [2.75, 3.05) is 6.61 Å². The molecule has 2 aromatic heterocycles. The van der Waals surface area contributed by atoms with Gasteiger partial charge in [-0.2, -0.15) is 0 Å². The lowest BCUT2D eigenvalue weighted by atomic mass is 9.89. The van der Waals surface area contributed by atoms with E-state index in [1.165, 1.54) is 15.8 Å². The first-order chi connectivity index (χ1) is 11.5. The van der Waals surface area contributed by atoms with Crippen molar-refractivity contribution in [3.8, 4) is 0 Å². The van der Waals surface area contributed by atoms with Crippen LogP contribution >= 0.6 is 11.3 Å². The fourth-order valence-electron chi connectivity index (χ4n) is 3.17. The van der Waals surface area contributed by atoms with E-state index in [1.807, 2.05) is 6.92 Å². The van der Waals surface area contributed by atoms with Crippen LogP contribution in [0.3, 0.4) is 0 Å². The molecule has 0 fully saturated rings. The van der Waals surface area contributed by atoms with Crippen molar-refractivity contribution >= 4 is 27.5 Å². The van der Waals surface area contributed by atoms with E-state index in [1.54, 1.807) is 18.3 Å². The molecule has 0 aromatic carbocycles. The fraction of sp³-hybridized carbons (Fsp3) is 0.611. The second-order valence-electron chi connectivity index (χ2n) is 6.69. The number of carbonyl (C=O) groups is 1. The molecule has 0 amide bonds. The van der Waals surface area contributed by atoms with E-state index < -0.39 is 6.04 Å². The molecule has 3 rings (SSSR count). The van der Waals surface area contributed by atoms with Gasteiger partial charge in [0.2, 0.25) is 0 Å². The summed E-state index contributed by atoms with van der Waals surface area (Å²) < 4.78 is 6.67. The highest BCUT2D eigenvalue weighted by atomic mass is 32.1. The second kappa shape index (κ2) is 7.05. The van der Waals surface area contributed by atoms with Gasteiger partial charge in [0.25, 0.3) is 5.56 Å². The van der Waals surface area contributed by atoms with E-state index in [2.05, 4.69) is 11.9 Å². The second-order valence-corrected chi connectivity index (χ2v) is 7.77. The monoisotopic (exact) mass is 348 g/mol. The molecule has 1 aliphatic carbocycles. The lowest BCUT2D eigenvalue weighted by molar-refractivity contribution is -0.147. The van der Waals surface area contributed by atoms with Crippen molar-refractivity contribution in [3.05, 3.63) is 27.1 Å². The average molecular weight is 348 g/mol. The Balaban J connectivity index is 1.94. The normalized spacial score (nSPS) is 18.4. The molecule has 1 aliphatic rings. The van der Waals surface area contributed by atoms with Crippen LogP contribution < -0.4 is 5.56 Å². The van der Waals surface area contributed by atoms with E-state index in [4.69, 9.17) is 4.74 Å². The molecule has 24 heavy (non-hydrogen) atoms. The van der Waals surface area contributed by atoms with Gasteiger partial charge in [-0.05, 0) is 44.1 Å². The number of ether oxygens (including phenoxy) is 1. The summed E-state index contributed by atoms with van der Waals surface area (Å²) in [5.74, 6) is 0.282. The number of unbranched alkanes of at least 4 members (excludes halogenated alkanes) is 1. The third-order valence-electron chi connectivity index (χ3n) is 4.74. The maximum absolute atomic E-state index is 12.9. The number of aromatic nitrogens is 2. The molecule has 0 N–H and O–H groups in total. The van der Waals surface area contributed by atoms with E-state index in [0.29, 0.717) is 17.9 Å². The Morgan fingerprint density at radius 3 is 3.08 bits per heavy atom. The zero-order valence-corrected chi connectivity index (χ0v) is 15.3. The maximum atomic E-state index is 12.9. The molecule has 2 aromatic rings. The molecule has 0 spiro atoms. The Labute approximate surface area is 145 Å². The van der Waals surface area contributed by atoms with E-state index in [-0.39, 0.29) is 11.5 Å². The number of carbonyl (C=O) groups excluding carboxylic acids is 1. The van der Waals surface area contributed by atoms with Crippen molar-refractivity contribution in [1.82, 2.24) is 9.55 Å². The average Bonchev–Trinajstić information content (AvgIpc) is 2.92. The van der Waals surface area contributed by atoms with Crippen LogP contribution in [0.5, 0.6) is 0 Å². The van der Waals surface area contributed by atoms with Gasteiger partial charge in [0.1, 0.15) is 10.9 Å². The number of fused-ring (bicyclic) bond motifs is 3. The number of thiophene rings is 1. The molecule has 6 heteroatoms. The molecule has 0 bridgehead atoms. The van der Waals surface area contributed by atoms with Crippen LogP contribution in [0, 0.1) is 5.92 Å². The summed E-state index contributed by atoms with van der Waals surface area (Å²) in [6.07, 6.45) is 6.33. The number of esters is 1. The first-order valence-electron chi connectivity index (χ1n) is 8.71. The first-order valence-corrected chi connectivity index (χ1v) is 9.52. The van der Waals surface area contributed by atoms with Crippen molar-refractivity contribution in [3.63, 3.8) is 0 Å². The SMILES string of the molecule is CCCCOC(=O)[C@H](C)n1cnc2sc3c(c2c1=O)CC[C@H](C)C3. The van der Waals surface area contributed by atoms with Crippen LogP contribution in [-0.4, -0.2) is 22.1 Å². The minimum Gasteiger partial charge on any atom is -0.464 e. The van der Waals surface area contributed by atoms with E-state index in [9.17, 15) is 9.59 Å². The Hall–Kier alpha value is -1.69. The number of hydrogen-bond acceptors (Lipinski definition) is 5. The smallest absolute Gasteiger partial charge is 0.328 e. The van der Waals surface area contributed by atoms with E-state index >= 15 is 0 Å². The molecule has 0 saturated carbocycles. The highest BCUT2D eigenvalue weighted by Gasteiger charge is 2.25. The quantitative estimate of drug-likeness (QED) is 0.613.